The summed E-state index contributed by atoms with van der Waals surface area (Å²) in [5, 5.41) is 14.0. The molecular formula is C20H27N3O2. The Hall–Kier alpha value is -2.14. The van der Waals surface area contributed by atoms with Crippen molar-refractivity contribution in [2.45, 2.75) is 59.2 Å². The molecule has 2 heterocycles. The average molecular weight is 341 g/mol. The van der Waals surface area contributed by atoms with Crippen molar-refractivity contribution in [3.05, 3.63) is 47.3 Å². The first kappa shape index (κ1) is 17.7. The molecule has 0 amide bonds. The van der Waals surface area contributed by atoms with Crippen LogP contribution in [0.3, 0.4) is 0 Å². The third-order valence-electron chi connectivity index (χ3n) is 5.44. The molecule has 0 bridgehead atoms. The fourth-order valence-electron chi connectivity index (χ4n) is 3.93. The Morgan fingerprint density at radius 2 is 1.88 bits per heavy atom. The highest BCUT2D eigenvalue weighted by molar-refractivity contribution is 5.71. The number of hydrogen-bond acceptors (Lipinski definition) is 3. The third kappa shape index (κ3) is 3.61. The molecule has 1 fully saturated rings. The Labute approximate surface area is 149 Å². The van der Waals surface area contributed by atoms with Gasteiger partial charge in [0.2, 0.25) is 0 Å². The zero-order valence-electron chi connectivity index (χ0n) is 15.4. The third-order valence-corrected chi connectivity index (χ3v) is 5.44. The number of aliphatic carboxylic acids is 1. The van der Waals surface area contributed by atoms with Gasteiger partial charge in [-0.1, -0.05) is 12.1 Å². The summed E-state index contributed by atoms with van der Waals surface area (Å²) in [7, 11) is 0. The number of carbonyl (C=O) groups is 1. The average Bonchev–Trinajstić information content (AvgIpc) is 2.90. The first-order valence-electron chi connectivity index (χ1n) is 8.98. The maximum Gasteiger partial charge on any atom is 0.308 e. The van der Waals surface area contributed by atoms with Crippen molar-refractivity contribution in [1.29, 1.82) is 0 Å². The SMILES string of the molecule is Cc1cc(C)n(-c2ccc(CN3[C@H](C)CC[C@H](C(=O)O)[C@@H]3C)cc2)n1. The van der Waals surface area contributed by atoms with Crippen molar-refractivity contribution in [1.82, 2.24) is 14.7 Å². The first-order chi connectivity index (χ1) is 11.9. The molecule has 1 saturated heterocycles. The van der Waals surface area contributed by atoms with Crippen LogP contribution < -0.4 is 0 Å². The van der Waals surface area contributed by atoms with Crippen LogP contribution in [0.4, 0.5) is 0 Å². The summed E-state index contributed by atoms with van der Waals surface area (Å²) in [5.74, 6) is -0.950. The number of likely N-dealkylation sites (tertiary alicyclic amines) is 1. The molecule has 3 atom stereocenters. The number of hydrogen-bond donors (Lipinski definition) is 1. The lowest BCUT2D eigenvalue weighted by Crippen LogP contribution is -2.50. The Balaban J connectivity index is 1.76. The molecule has 0 aliphatic carbocycles. The lowest BCUT2D eigenvalue weighted by molar-refractivity contribution is -0.146. The monoisotopic (exact) mass is 341 g/mol. The maximum absolute atomic E-state index is 11.5. The van der Waals surface area contributed by atoms with E-state index in [0.29, 0.717) is 6.04 Å². The van der Waals surface area contributed by atoms with E-state index in [1.807, 2.05) is 18.5 Å². The molecular weight excluding hydrogens is 314 g/mol. The largest absolute Gasteiger partial charge is 0.481 e. The highest BCUT2D eigenvalue weighted by Gasteiger charge is 2.36. The van der Waals surface area contributed by atoms with Gasteiger partial charge in [-0.2, -0.15) is 5.10 Å². The fourth-order valence-corrected chi connectivity index (χ4v) is 3.93. The molecule has 1 aliphatic heterocycles. The Morgan fingerprint density at radius 3 is 2.44 bits per heavy atom. The number of carboxylic acids is 1. The van der Waals surface area contributed by atoms with E-state index in [4.69, 9.17) is 0 Å². The van der Waals surface area contributed by atoms with E-state index >= 15 is 0 Å². The van der Waals surface area contributed by atoms with E-state index in [9.17, 15) is 9.90 Å². The lowest BCUT2D eigenvalue weighted by Gasteiger charge is -2.42. The molecule has 3 rings (SSSR count). The summed E-state index contributed by atoms with van der Waals surface area (Å²) >= 11 is 0. The van der Waals surface area contributed by atoms with Gasteiger partial charge in [-0.25, -0.2) is 4.68 Å². The predicted octanol–water partition coefficient (Wildman–Crippen LogP) is 3.56. The predicted molar refractivity (Wildman–Crippen MR) is 97.9 cm³/mol. The van der Waals surface area contributed by atoms with Gasteiger partial charge in [0, 0.05) is 24.3 Å². The smallest absolute Gasteiger partial charge is 0.308 e. The fraction of sp³-hybridized carbons (Fsp3) is 0.500. The molecule has 25 heavy (non-hydrogen) atoms. The minimum absolute atomic E-state index is 0.0527. The van der Waals surface area contributed by atoms with Crippen LogP contribution in [0.1, 0.15) is 43.6 Å². The van der Waals surface area contributed by atoms with E-state index < -0.39 is 5.97 Å². The van der Waals surface area contributed by atoms with Gasteiger partial charge in [-0.05, 0) is 64.3 Å². The molecule has 0 unspecified atom stereocenters. The zero-order chi connectivity index (χ0) is 18.1. The van der Waals surface area contributed by atoms with E-state index in [0.717, 1.165) is 36.5 Å². The molecule has 1 aliphatic rings. The summed E-state index contributed by atoms with van der Waals surface area (Å²) in [6, 6.07) is 10.9. The van der Waals surface area contributed by atoms with Crippen LogP contribution in [-0.2, 0) is 11.3 Å². The van der Waals surface area contributed by atoms with Crippen LogP contribution in [0.25, 0.3) is 5.69 Å². The normalized spacial score (nSPS) is 24.4. The molecule has 5 heteroatoms. The molecule has 134 valence electrons. The van der Waals surface area contributed by atoms with Gasteiger partial charge in [0.1, 0.15) is 0 Å². The Morgan fingerprint density at radius 1 is 1.20 bits per heavy atom. The van der Waals surface area contributed by atoms with Gasteiger partial charge in [0.25, 0.3) is 0 Å². The highest BCUT2D eigenvalue weighted by Crippen LogP contribution is 2.29. The van der Waals surface area contributed by atoms with Gasteiger partial charge >= 0.3 is 5.97 Å². The standard InChI is InChI=1S/C20H27N3O2/c1-13-11-15(3)23(21-13)18-8-6-17(7-9-18)12-22-14(2)5-10-19(16(22)4)20(24)25/h6-9,11,14,16,19H,5,10,12H2,1-4H3,(H,24,25)/t14-,16+,19+/m1/s1. The van der Waals surface area contributed by atoms with E-state index in [1.54, 1.807) is 0 Å². The van der Waals surface area contributed by atoms with Crippen molar-refractivity contribution < 1.29 is 9.90 Å². The van der Waals surface area contributed by atoms with Gasteiger partial charge in [0.15, 0.2) is 0 Å². The number of rotatable bonds is 4. The molecule has 0 saturated carbocycles. The number of nitrogens with zero attached hydrogens (tertiary/aromatic N) is 3. The second kappa shape index (κ2) is 7.00. The minimum Gasteiger partial charge on any atom is -0.481 e. The van der Waals surface area contributed by atoms with Crippen molar-refractivity contribution in [3.8, 4) is 5.69 Å². The Kier molecular flexibility index (Phi) is 4.95. The molecule has 2 aromatic rings. The lowest BCUT2D eigenvalue weighted by atomic mass is 9.86. The van der Waals surface area contributed by atoms with Crippen LogP contribution in [0.2, 0.25) is 0 Å². The van der Waals surface area contributed by atoms with Crippen LogP contribution in [0, 0.1) is 19.8 Å². The molecule has 0 spiro atoms. The number of aromatic nitrogens is 2. The van der Waals surface area contributed by atoms with E-state index in [-0.39, 0.29) is 12.0 Å². The van der Waals surface area contributed by atoms with Crippen LogP contribution in [0.5, 0.6) is 0 Å². The highest BCUT2D eigenvalue weighted by atomic mass is 16.4. The summed E-state index contributed by atoms with van der Waals surface area (Å²) < 4.78 is 1.95. The number of aryl methyl sites for hydroxylation is 2. The van der Waals surface area contributed by atoms with Gasteiger partial charge in [-0.15, -0.1) is 0 Å². The molecule has 1 N–H and O–H groups in total. The summed E-state index contributed by atoms with van der Waals surface area (Å²) in [5.41, 5.74) is 4.39. The van der Waals surface area contributed by atoms with E-state index in [2.05, 4.69) is 54.2 Å². The van der Waals surface area contributed by atoms with Gasteiger partial charge < -0.3 is 5.11 Å². The zero-order valence-corrected chi connectivity index (χ0v) is 15.4. The van der Waals surface area contributed by atoms with Crippen molar-refractivity contribution in [2.75, 3.05) is 0 Å². The van der Waals surface area contributed by atoms with Crippen molar-refractivity contribution in [2.24, 2.45) is 5.92 Å². The summed E-state index contributed by atoms with van der Waals surface area (Å²) in [4.78, 5) is 13.8. The minimum atomic E-state index is -0.677. The van der Waals surface area contributed by atoms with Gasteiger partial charge in [-0.3, -0.25) is 9.69 Å². The second-order valence-electron chi connectivity index (χ2n) is 7.29. The molecule has 0 radical (unpaired) electrons. The topological polar surface area (TPSA) is 58.4 Å². The molecule has 5 nitrogen and oxygen atoms in total. The molecule has 1 aromatic heterocycles. The van der Waals surface area contributed by atoms with Gasteiger partial charge in [0.05, 0.1) is 17.3 Å². The maximum atomic E-state index is 11.5. The second-order valence-corrected chi connectivity index (χ2v) is 7.29. The number of piperidine rings is 1. The first-order valence-corrected chi connectivity index (χ1v) is 8.98. The van der Waals surface area contributed by atoms with Crippen molar-refractivity contribution in [3.63, 3.8) is 0 Å². The summed E-state index contributed by atoms with van der Waals surface area (Å²) in [6.07, 6.45) is 1.70. The quantitative estimate of drug-likeness (QED) is 0.924. The van der Waals surface area contributed by atoms with Crippen LogP contribution in [0.15, 0.2) is 30.3 Å². The number of benzene rings is 1. The van der Waals surface area contributed by atoms with Crippen LogP contribution >= 0.6 is 0 Å². The number of carboxylic acid groups (broad SMARTS) is 1. The van der Waals surface area contributed by atoms with Crippen molar-refractivity contribution >= 4 is 5.97 Å². The summed E-state index contributed by atoms with van der Waals surface area (Å²) in [6.45, 7) is 9.06. The Bertz CT molecular complexity index is 751. The molecule has 1 aromatic carbocycles. The van der Waals surface area contributed by atoms with Crippen LogP contribution in [-0.4, -0.2) is 37.8 Å². The van der Waals surface area contributed by atoms with E-state index in [1.165, 1.54) is 5.56 Å².